The molecule has 0 aromatic heterocycles. The fraction of sp³-hybridized carbons (Fsp3) is 1.00. The third-order valence-corrected chi connectivity index (χ3v) is 1.25. The van der Waals surface area contributed by atoms with Crippen molar-refractivity contribution < 1.29 is 13.5 Å². The molecule has 0 fully saturated rings. The second-order valence-electron chi connectivity index (χ2n) is 0.725. The van der Waals surface area contributed by atoms with Crippen LogP contribution in [0.3, 0.4) is 0 Å². The average Bonchev–Trinajstić information content (AvgIpc) is 1.68. The normalized spacial score (nSPS) is 14.1. The molecule has 0 radical (unpaired) electrons. The minimum absolute atomic E-state index is 0.412. The second kappa shape index (κ2) is 4.75. The van der Waals surface area contributed by atoms with E-state index in [2.05, 4.69) is 20.5 Å². The number of halogens is 1. The predicted octanol–water partition coefficient (Wildman–Crippen LogP) is 1.41. The number of rotatable bonds is 3. The van der Waals surface area contributed by atoms with E-state index in [9.17, 15) is 0 Å². The van der Waals surface area contributed by atoms with Gasteiger partial charge in [0.1, 0.15) is 0 Å². The first-order chi connectivity index (χ1) is 3.31. The van der Waals surface area contributed by atoms with E-state index in [1.54, 1.807) is 6.92 Å². The fourth-order valence-corrected chi connectivity index (χ4v) is 0.511. The maximum atomic E-state index is 8.35. The largest absolute Gasteiger partial charge is 0.347 e. The van der Waals surface area contributed by atoms with Crippen LogP contribution in [0, 0.1) is 0 Å². The van der Waals surface area contributed by atoms with E-state index in [4.69, 9.17) is 4.89 Å². The zero-order valence-corrected chi connectivity index (χ0v) is 5.45. The Morgan fingerprint density at radius 3 is 2.57 bits per heavy atom. The Morgan fingerprint density at radius 1 is 1.86 bits per heavy atom. The summed E-state index contributed by atoms with van der Waals surface area (Å²) in [5, 5.41) is 0. The highest BCUT2D eigenvalue weighted by Crippen LogP contribution is 2.33. The van der Waals surface area contributed by atoms with Gasteiger partial charge in [0.2, 0.25) is 0 Å². The van der Waals surface area contributed by atoms with E-state index in [0.29, 0.717) is 6.61 Å². The van der Waals surface area contributed by atoms with Crippen molar-refractivity contribution in [3.8, 4) is 0 Å². The van der Waals surface area contributed by atoms with Crippen LogP contribution in [-0.4, -0.2) is 11.5 Å². The van der Waals surface area contributed by atoms with Gasteiger partial charge in [-0.25, -0.2) is 0 Å². The van der Waals surface area contributed by atoms with Crippen LogP contribution in [0.2, 0.25) is 0 Å². The highest BCUT2D eigenvalue weighted by atomic mass is 35.5. The van der Waals surface area contributed by atoms with Crippen LogP contribution in [0.4, 0.5) is 0 Å². The molecule has 0 bridgehead atoms. The van der Waals surface area contributed by atoms with Crippen LogP contribution in [0.5, 0.6) is 0 Å². The lowest BCUT2D eigenvalue weighted by molar-refractivity contribution is 0.281. The van der Waals surface area contributed by atoms with Crippen molar-refractivity contribution in [2.45, 2.75) is 6.92 Å². The third-order valence-electron chi connectivity index (χ3n) is 0.299. The van der Waals surface area contributed by atoms with Crippen LogP contribution in [0.1, 0.15) is 6.92 Å². The zero-order chi connectivity index (χ0) is 5.70. The molecule has 0 saturated carbocycles. The molecule has 0 spiro atoms. The minimum atomic E-state index is -1.81. The first-order valence-electron chi connectivity index (χ1n) is 1.72. The van der Waals surface area contributed by atoms with E-state index in [1.165, 1.54) is 0 Å². The monoisotopic (exact) mass is 144 g/mol. The second-order valence-corrected chi connectivity index (χ2v) is 2.01. The van der Waals surface area contributed by atoms with Gasteiger partial charge in [-0.15, -0.1) is 0 Å². The first kappa shape index (κ1) is 7.60. The van der Waals surface area contributed by atoms with Gasteiger partial charge in [0.15, 0.2) is 0 Å². The molecular formula is C2H6ClO3P. The SMILES string of the molecule is CCOP(O)OCl. The molecule has 0 rings (SSSR count). The summed E-state index contributed by atoms with van der Waals surface area (Å²) in [5.41, 5.74) is 0. The van der Waals surface area contributed by atoms with Gasteiger partial charge in [0.05, 0.1) is 18.5 Å². The zero-order valence-electron chi connectivity index (χ0n) is 3.80. The van der Waals surface area contributed by atoms with Gasteiger partial charge in [-0.2, -0.15) is 4.08 Å². The molecule has 1 N–H and O–H groups in total. The Balaban J connectivity index is 2.83. The third kappa shape index (κ3) is 4.45. The Bertz CT molecular complexity index is 43.9. The maximum absolute atomic E-state index is 8.35. The Morgan fingerprint density at radius 2 is 2.43 bits per heavy atom. The summed E-state index contributed by atoms with van der Waals surface area (Å²) in [6, 6.07) is 0. The molecule has 0 aliphatic heterocycles. The van der Waals surface area contributed by atoms with Crippen molar-refractivity contribution in [2.75, 3.05) is 6.61 Å². The van der Waals surface area contributed by atoms with Crippen molar-refractivity contribution in [3.63, 3.8) is 0 Å². The Hall–Kier alpha value is 0.600. The lowest BCUT2D eigenvalue weighted by Gasteiger charge is -1.99. The molecule has 5 heteroatoms. The minimum Gasteiger partial charge on any atom is -0.327 e. The van der Waals surface area contributed by atoms with E-state index in [0.717, 1.165) is 0 Å². The molecule has 0 heterocycles. The standard InChI is InChI=1S/C2H6ClO3P/c1-2-5-7(4)6-3/h4H,2H2,1H3. The molecule has 3 nitrogen and oxygen atoms in total. The predicted molar refractivity (Wildman–Crippen MR) is 27.7 cm³/mol. The van der Waals surface area contributed by atoms with Crippen LogP contribution in [0.15, 0.2) is 0 Å². The number of hydrogen-bond donors (Lipinski definition) is 1. The highest BCUT2D eigenvalue weighted by molar-refractivity contribution is 7.41. The van der Waals surface area contributed by atoms with Crippen LogP contribution >= 0.6 is 20.5 Å². The lowest BCUT2D eigenvalue weighted by atomic mass is 10.9. The summed E-state index contributed by atoms with van der Waals surface area (Å²) >= 11 is 4.68. The molecule has 44 valence electrons. The summed E-state index contributed by atoms with van der Waals surface area (Å²) in [5.74, 6) is 0. The lowest BCUT2D eigenvalue weighted by Crippen LogP contribution is -1.80. The van der Waals surface area contributed by atoms with Gasteiger partial charge in [-0.05, 0) is 6.92 Å². The fourth-order valence-electron chi connectivity index (χ4n) is 0.130. The van der Waals surface area contributed by atoms with Crippen molar-refractivity contribution in [3.05, 3.63) is 0 Å². The summed E-state index contributed by atoms with van der Waals surface area (Å²) in [4.78, 5) is 8.35. The van der Waals surface area contributed by atoms with Gasteiger partial charge in [-0.1, -0.05) is 0 Å². The van der Waals surface area contributed by atoms with Gasteiger partial charge in [0, 0.05) is 0 Å². The van der Waals surface area contributed by atoms with E-state index in [1.807, 2.05) is 0 Å². The molecule has 1 atom stereocenters. The van der Waals surface area contributed by atoms with Crippen molar-refractivity contribution in [1.82, 2.24) is 0 Å². The Labute approximate surface area is 48.4 Å². The van der Waals surface area contributed by atoms with Crippen LogP contribution in [0.25, 0.3) is 0 Å². The quantitative estimate of drug-likeness (QED) is 0.609. The topological polar surface area (TPSA) is 38.7 Å². The molecular weight excluding hydrogens is 138 g/mol. The van der Waals surface area contributed by atoms with E-state index in [-0.39, 0.29) is 0 Å². The van der Waals surface area contributed by atoms with Crippen molar-refractivity contribution >= 4 is 20.5 Å². The molecule has 7 heavy (non-hydrogen) atoms. The molecule has 0 aromatic carbocycles. The van der Waals surface area contributed by atoms with Crippen molar-refractivity contribution in [1.29, 1.82) is 0 Å². The van der Waals surface area contributed by atoms with Crippen LogP contribution in [-0.2, 0) is 8.60 Å². The van der Waals surface area contributed by atoms with Crippen molar-refractivity contribution in [2.24, 2.45) is 0 Å². The first-order valence-corrected chi connectivity index (χ1v) is 3.15. The summed E-state index contributed by atoms with van der Waals surface area (Å²) < 4.78 is 8.32. The molecule has 1 unspecified atom stereocenters. The average molecular weight is 144 g/mol. The van der Waals surface area contributed by atoms with Gasteiger partial charge in [0.25, 0.3) is 0 Å². The van der Waals surface area contributed by atoms with Gasteiger partial charge < -0.3 is 9.42 Å². The molecule has 0 saturated heterocycles. The van der Waals surface area contributed by atoms with Crippen LogP contribution < -0.4 is 0 Å². The maximum Gasteiger partial charge on any atom is 0.347 e. The number of hydrogen-bond acceptors (Lipinski definition) is 3. The molecule has 0 amide bonds. The summed E-state index contributed by atoms with van der Waals surface area (Å²) in [6.07, 6.45) is 0. The summed E-state index contributed by atoms with van der Waals surface area (Å²) in [7, 11) is -1.81. The van der Waals surface area contributed by atoms with Gasteiger partial charge in [-0.3, -0.25) is 0 Å². The Kier molecular flexibility index (Phi) is 5.16. The molecule has 0 aliphatic carbocycles. The highest BCUT2D eigenvalue weighted by Gasteiger charge is 2.00. The molecule has 0 aliphatic rings. The summed E-state index contributed by atoms with van der Waals surface area (Å²) in [6.45, 7) is 2.15. The van der Waals surface area contributed by atoms with E-state index < -0.39 is 8.60 Å². The van der Waals surface area contributed by atoms with E-state index >= 15 is 0 Å². The van der Waals surface area contributed by atoms with Gasteiger partial charge >= 0.3 is 8.60 Å². The smallest absolute Gasteiger partial charge is 0.327 e. The molecule has 0 aromatic rings.